The number of nitrogen functional groups attached to an aromatic ring is 1. The summed E-state index contributed by atoms with van der Waals surface area (Å²) in [7, 11) is 1.78. The van der Waals surface area contributed by atoms with Gasteiger partial charge in [0.05, 0.1) is 11.2 Å². The quantitative estimate of drug-likeness (QED) is 0.742. The number of benzene rings is 1. The Morgan fingerprint density at radius 1 is 1.26 bits per heavy atom. The number of fused-ring (bicyclic) bond motifs is 1. The molecule has 3 rings (SSSR count). The number of para-hydroxylation sites is 1. The highest BCUT2D eigenvalue weighted by molar-refractivity contribution is 5.92. The molecule has 0 aliphatic rings. The summed E-state index contributed by atoms with van der Waals surface area (Å²) in [5.41, 5.74) is 8.51. The third-order valence-electron chi connectivity index (χ3n) is 3.72. The lowest BCUT2D eigenvalue weighted by Crippen LogP contribution is -2.10. The van der Waals surface area contributed by atoms with Crippen LogP contribution < -0.4 is 5.73 Å². The van der Waals surface area contributed by atoms with Gasteiger partial charge in [-0.2, -0.15) is 5.10 Å². The van der Waals surface area contributed by atoms with Gasteiger partial charge in [-0.15, -0.1) is 0 Å². The van der Waals surface area contributed by atoms with Crippen molar-refractivity contribution in [3.63, 3.8) is 0 Å². The average molecular weight is 311 g/mol. The number of nitrogens with two attached hydrogens (primary N) is 1. The Balaban J connectivity index is 1.82. The highest BCUT2D eigenvalue weighted by Crippen LogP contribution is 2.18. The second-order valence-corrected chi connectivity index (χ2v) is 5.29. The third kappa shape index (κ3) is 2.73. The maximum absolute atomic E-state index is 12.3. The Hall–Kier alpha value is -2.96. The lowest BCUT2D eigenvalue weighted by molar-refractivity contribution is 0.0461. The first-order valence-corrected chi connectivity index (χ1v) is 7.16. The molecule has 7 heteroatoms. The van der Waals surface area contributed by atoms with E-state index in [9.17, 15) is 4.79 Å². The molecular weight excluding hydrogens is 294 g/mol. The molecule has 23 heavy (non-hydrogen) atoms. The molecule has 0 atom stereocenters. The molecule has 0 bridgehead atoms. The summed E-state index contributed by atoms with van der Waals surface area (Å²) in [6.45, 7) is 3.55. The van der Waals surface area contributed by atoms with E-state index in [1.54, 1.807) is 18.7 Å². The molecule has 0 unspecified atom stereocenters. The second-order valence-electron chi connectivity index (χ2n) is 5.29. The van der Waals surface area contributed by atoms with Crippen molar-refractivity contribution in [2.45, 2.75) is 20.5 Å². The molecule has 0 amide bonds. The summed E-state index contributed by atoms with van der Waals surface area (Å²) in [5, 5.41) is 4.99. The summed E-state index contributed by atoms with van der Waals surface area (Å²) >= 11 is 0. The minimum Gasteiger partial charge on any atom is -0.454 e. The van der Waals surface area contributed by atoms with E-state index >= 15 is 0 Å². The van der Waals surface area contributed by atoms with Crippen LogP contribution in [0.15, 0.2) is 24.3 Å². The molecule has 0 aliphatic carbocycles. The number of aryl methyl sites for hydroxylation is 2. The van der Waals surface area contributed by atoms with Crippen LogP contribution >= 0.6 is 0 Å². The highest BCUT2D eigenvalue weighted by atomic mass is 16.5. The van der Waals surface area contributed by atoms with E-state index < -0.39 is 5.97 Å². The molecule has 118 valence electrons. The number of hydrogen-bond acceptors (Lipinski definition) is 6. The zero-order valence-electron chi connectivity index (χ0n) is 13.2. The van der Waals surface area contributed by atoms with Crippen LogP contribution in [0.25, 0.3) is 10.9 Å². The predicted molar refractivity (Wildman–Crippen MR) is 85.8 cm³/mol. The summed E-state index contributed by atoms with van der Waals surface area (Å²) in [6, 6.07) is 7.43. The number of anilines is 1. The van der Waals surface area contributed by atoms with Crippen molar-refractivity contribution in [3.8, 4) is 0 Å². The van der Waals surface area contributed by atoms with E-state index in [0.717, 1.165) is 16.6 Å². The lowest BCUT2D eigenvalue weighted by atomic mass is 10.2. The van der Waals surface area contributed by atoms with Crippen LogP contribution in [0.5, 0.6) is 0 Å². The molecule has 2 N–H and O–H groups in total. The van der Waals surface area contributed by atoms with Gasteiger partial charge in [-0.1, -0.05) is 12.1 Å². The number of nitrogens with zero attached hydrogens (tertiary/aromatic N) is 4. The first-order chi connectivity index (χ1) is 11.0. The smallest absolute Gasteiger partial charge is 0.342 e. The number of carbonyl (C=O) groups is 1. The molecular formula is C16H17N5O2. The normalized spacial score (nSPS) is 10.9. The minimum absolute atomic E-state index is 0.0400. The Morgan fingerprint density at radius 3 is 2.70 bits per heavy atom. The SMILES string of the molecule is Cc1nn(C)c(C)c1C(=O)OCc1nc(N)c2ccccc2n1. The summed E-state index contributed by atoms with van der Waals surface area (Å²) in [4.78, 5) is 20.8. The molecule has 0 aliphatic heterocycles. The number of esters is 1. The van der Waals surface area contributed by atoms with E-state index in [1.165, 1.54) is 0 Å². The molecule has 0 fully saturated rings. The van der Waals surface area contributed by atoms with Gasteiger partial charge in [-0.05, 0) is 26.0 Å². The van der Waals surface area contributed by atoms with Gasteiger partial charge in [0, 0.05) is 18.1 Å². The van der Waals surface area contributed by atoms with Gasteiger partial charge in [0.2, 0.25) is 0 Å². The molecule has 0 saturated heterocycles. The van der Waals surface area contributed by atoms with Gasteiger partial charge in [-0.25, -0.2) is 14.8 Å². The van der Waals surface area contributed by atoms with Crippen molar-refractivity contribution in [2.75, 3.05) is 5.73 Å². The van der Waals surface area contributed by atoms with Gasteiger partial charge in [0.15, 0.2) is 12.4 Å². The van der Waals surface area contributed by atoms with Crippen molar-refractivity contribution >= 4 is 22.7 Å². The maximum atomic E-state index is 12.3. The molecule has 0 saturated carbocycles. The summed E-state index contributed by atoms with van der Waals surface area (Å²) < 4.78 is 6.97. The number of carbonyl (C=O) groups excluding carboxylic acids is 1. The van der Waals surface area contributed by atoms with Crippen molar-refractivity contribution in [1.82, 2.24) is 19.7 Å². The highest BCUT2D eigenvalue weighted by Gasteiger charge is 2.19. The molecule has 2 aromatic heterocycles. The average Bonchev–Trinajstić information content (AvgIpc) is 2.78. The van der Waals surface area contributed by atoms with Crippen LogP contribution in [-0.4, -0.2) is 25.7 Å². The number of rotatable bonds is 3. The van der Waals surface area contributed by atoms with E-state index in [0.29, 0.717) is 22.9 Å². The largest absolute Gasteiger partial charge is 0.454 e. The molecule has 1 aromatic carbocycles. The topological polar surface area (TPSA) is 95.9 Å². The second kappa shape index (κ2) is 5.68. The van der Waals surface area contributed by atoms with Crippen molar-refractivity contribution in [3.05, 3.63) is 47.0 Å². The van der Waals surface area contributed by atoms with Gasteiger partial charge < -0.3 is 10.5 Å². The van der Waals surface area contributed by atoms with Gasteiger partial charge in [0.1, 0.15) is 11.4 Å². The molecule has 0 radical (unpaired) electrons. The van der Waals surface area contributed by atoms with E-state index in [4.69, 9.17) is 10.5 Å². The Labute approximate surface area is 133 Å². The fourth-order valence-electron chi connectivity index (χ4n) is 2.49. The molecule has 2 heterocycles. The number of ether oxygens (including phenoxy) is 1. The first kappa shape index (κ1) is 15.0. The van der Waals surface area contributed by atoms with Crippen LogP contribution in [0, 0.1) is 13.8 Å². The maximum Gasteiger partial charge on any atom is 0.342 e. The predicted octanol–water partition coefficient (Wildman–Crippen LogP) is 1.92. The van der Waals surface area contributed by atoms with Crippen LogP contribution in [0.2, 0.25) is 0 Å². The first-order valence-electron chi connectivity index (χ1n) is 7.16. The Kier molecular flexibility index (Phi) is 3.69. The lowest BCUT2D eigenvalue weighted by Gasteiger charge is -2.07. The fourth-order valence-corrected chi connectivity index (χ4v) is 2.49. The summed E-state index contributed by atoms with van der Waals surface area (Å²) in [5.74, 6) is 0.299. The van der Waals surface area contributed by atoms with Gasteiger partial charge >= 0.3 is 5.97 Å². The molecule has 0 spiro atoms. The van der Waals surface area contributed by atoms with Crippen molar-refractivity contribution in [2.24, 2.45) is 7.05 Å². The zero-order chi connectivity index (χ0) is 16.6. The standard InChI is InChI=1S/C16H17N5O2/c1-9-14(10(2)21(3)20-9)16(22)23-8-13-18-12-7-5-4-6-11(12)15(17)19-13/h4-7H,8H2,1-3H3,(H2,17,18,19). The number of aromatic nitrogens is 4. The van der Waals surface area contributed by atoms with Crippen LogP contribution in [0.4, 0.5) is 5.82 Å². The monoisotopic (exact) mass is 311 g/mol. The van der Waals surface area contributed by atoms with Crippen molar-refractivity contribution in [1.29, 1.82) is 0 Å². The Morgan fingerprint density at radius 2 is 2.00 bits per heavy atom. The van der Waals surface area contributed by atoms with E-state index in [1.807, 2.05) is 31.2 Å². The van der Waals surface area contributed by atoms with Gasteiger partial charge in [-0.3, -0.25) is 4.68 Å². The van der Waals surface area contributed by atoms with Gasteiger partial charge in [0.25, 0.3) is 0 Å². The zero-order valence-corrected chi connectivity index (χ0v) is 13.2. The molecule has 7 nitrogen and oxygen atoms in total. The van der Waals surface area contributed by atoms with Crippen LogP contribution in [-0.2, 0) is 18.4 Å². The van der Waals surface area contributed by atoms with Crippen LogP contribution in [0.1, 0.15) is 27.6 Å². The Bertz CT molecular complexity index is 901. The molecule has 3 aromatic rings. The van der Waals surface area contributed by atoms with E-state index in [-0.39, 0.29) is 6.61 Å². The number of hydrogen-bond donors (Lipinski definition) is 1. The summed E-state index contributed by atoms with van der Waals surface area (Å²) in [6.07, 6.45) is 0. The van der Waals surface area contributed by atoms with Crippen molar-refractivity contribution < 1.29 is 9.53 Å². The van der Waals surface area contributed by atoms with Crippen LogP contribution in [0.3, 0.4) is 0 Å². The third-order valence-corrected chi connectivity index (χ3v) is 3.72. The minimum atomic E-state index is -0.441. The van der Waals surface area contributed by atoms with E-state index in [2.05, 4.69) is 15.1 Å². The fraction of sp³-hybridized carbons (Fsp3) is 0.250.